The Labute approximate surface area is 87.4 Å². The van der Waals surface area contributed by atoms with Gasteiger partial charge in [0.15, 0.2) is 11.6 Å². The summed E-state index contributed by atoms with van der Waals surface area (Å²) < 4.78 is 26.5. The summed E-state index contributed by atoms with van der Waals surface area (Å²) in [5.41, 5.74) is 2.90. The van der Waals surface area contributed by atoms with Gasteiger partial charge in [-0.25, -0.2) is 8.78 Å². The third-order valence-corrected chi connectivity index (χ3v) is 3.10. The summed E-state index contributed by atoms with van der Waals surface area (Å²) in [4.78, 5) is 0. The third kappa shape index (κ3) is 1.87. The molecule has 0 saturated heterocycles. The van der Waals surface area contributed by atoms with Crippen LogP contribution in [-0.2, 0) is 0 Å². The van der Waals surface area contributed by atoms with Gasteiger partial charge in [0, 0.05) is 5.56 Å². The molecule has 15 heavy (non-hydrogen) atoms. The molecule has 1 aliphatic carbocycles. The highest BCUT2D eigenvalue weighted by Gasteiger charge is 2.40. The van der Waals surface area contributed by atoms with Crippen LogP contribution in [0, 0.1) is 23.5 Å². The van der Waals surface area contributed by atoms with Gasteiger partial charge in [0.25, 0.3) is 0 Å². The summed E-state index contributed by atoms with van der Waals surface area (Å²) in [5.74, 6) is 4.61. The average molecular weight is 212 g/mol. The van der Waals surface area contributed by atoms with E-state index in [2.05, 4.69) is 12.3 Å². The first-order chi connectivity index (χ1) is 7.15. The van der Waals surface area contributed by atoms with Crippen LogP contribution in [0.25, 0.3) is 0 Å². The lowest BCUT2D eigenvalue weighted by Gasteiger charge is -2.16. The number of halogens is 2. The highest BCUT2D eigenvalue weighted by atomic mass is 19.2. The van der Waals surface area contributed by atoms with Crippen molar-refractivity contribution in [1.82, 2.24) is 5.43 Å². The fraction of sp³-hybridized carbons (Fsp3) is 0.455. The van der Waals surface area contributed by atoms with Crippen LogP contribution in [-0.4, -0.2) is 0 Å². The molecule has 2 nitrogen and oxygen atoms in total. The number of benzene rings is 1. The predicted molar refractivity (Wildman–Crippen MR) is 53.7 cm³/mol. The first kappa shape index (κ1) is 10.5. The first-order valence-electron chi connectivity index (χ1n) is 5.05. The molecule has 0 radical (unpaired) electrons. The molecule has 0 aromatic heterocycles. The molecule has 0 bridgehead atoms. The largest absolute Gasteiger partial charge is 0.271 e. The molecule has 1 fully saturated rings. The molecular formula is C11H14F2N2. The van der Waals surface area contributed by atoms with Gasteiger partial charge in [-0.3, -0.25) is 11.3 Å². The molecule has 1 aromatic rings. The van der Waals surface area contributed by atoms with E-state index >= 15 is 0 Å². The van der Waals surface area contributed by atoms with Crippen LogP contribution in [0.15, 0.2) is 18.2 Å². The van der Waals surface area contributed by atoms with Crippen LogP contribution in [0.2, 0.25) is 0 Å². The Morgan fingerprint density at radius 2 is 2.13 bits per heavy atom. The molecular weight excluding hydrogens is 198 g/mol. The maximum Gasteiger partial charge on any atom is 0.163 e. The molecule has 1 saturated carbocycles. The van der Waals surface area contributed by atoms with Crippen molar-refractivity contribution in [3.8, 4) is 0 Å². The molecule has 1 aromatic carbocycles. The van der Waals surface area contributed by atoms with E-state index in [1.54, 1.807) is 6.07 Å². The van der Waals surface area contributed by atoms with Crippen LogP contribution in [0.3, 0.4) is 0 Å². The second-order valence-corrected chi connectivity index (χ2v) is 4.16. The molecule has 4 heteroatoms. The van der Waals surface area contributed by atoms with E-state index in [4.69, 9.17) is 5.84 Å². The summed E-state index contributed by atoms with van der Waals surface area (Å²) >= 11 is 0. The van der Waals surface area contributed by atoms with Crippen molar-refractivity contribution >= 4 is 0 Å². The SMILES string of the molecule is CC1CC1C(NN)c1cccc(F)c1F. The van der Waals surface area contributed by atoms with Gasteiger partial charge in [-0.05, 0) is 24.3 Å². The summed E-state index contributed by atoms with van der Waals surface area (Å²) in [5, 5.41) is 0. The Balaban J connectivity index is 2.30. The maximum atomic E-state index is 13.5. The molecule has 3 atom stereocenters. The highest BCUT2D eigenvalue weighted by Crippen LogP contribution is 2.47. The quantitative estimate of drug-likeness (QED) is 0.595. The van der Waals surface area contributed by atoms with Gasteiger partial charge in [0.05, 0.1) is 6.04 Å². The van der Waals surface area contributed by atoms with Crippen molar-refractivity contribution in [2.24, 2.45) is 17.7 Å². The van der Waals surface area contributed by atoms with E-state index in [1.807, 2.05) is 0 Å². The molecule has 0 heterocycles. The topological polar surface area (TPSA) is 38.0 Å². The van der Waals surface area contributed by atoms with E-state index in [-0.39, 0.29) is 6.04 Å². The van der Waals surface area contributed by atoms with Crippen molar-refractivity contribution in [1.29, 1.82) is 0 Å². The molecule has 2 rings (SSSR count). The second-order valence-electron chi connectivity index (χ2n) is 4.16. The molecule has 3 unspecified atom stereocenters. The lowest BCUT2D eigenvalue weighted by Crippen LogP contribution is -2.30. The summed E-state index contributed by atoms with van der Waals surface area (Å²) in [6.45, 7) is 2.08. The predicted octanol–water partition coefficient (Wildman–Crippen LogP) is 2.13. The second kappa shape index (κ2) is 3.87. The fourth-order valence-electron chi connectivity index (χ4n) is 2.02. The molecule has 1 aliphatic rings. The Hall–Kier alpha value is -1.00. The van der Waals surface area contributed by atoms with Crippen LogP contribution in [0.1, 0.15) is 24.9 Å². The lowest BCUT2D eigenvalue weighted by molar-refractivity contribution is 0.431. The van der Waals surface area contributed by atoms with Crippen molar-refractivity contribution in [3.05, 3.63) is 35.4 Å². The van der Waals surface area contributed by atoms with E-state index in [1.165, 1.54) is 6.07 Å². The smallest absolute Gasteiger partial charge is 0.163 e. The highest BCUT2D eigenvalue weighted by molar-refractivity contribution is 5.24. The number of rotatable bonds is 3. The average Bonchev–Trinajstić information content (AvgIpc) is 2.91. The molecule has 0 amide bonds. The van der Waals surface area contributed by atoms with Crippen molar-refractivity contribution in [3.63, 3.8) is 0 Å². The minimum atomic E-state index is -0.818. The van der Waals surface area contributed by atoms with E-state index in [0.29, 0.717) is 17.4 Å². The van der Waals surface area contributed by atoms with E-state index in [9.17, 15) is 8.78 Å². The Bertz CT molecular complexity index is 368. The minimum Gasteiger partial charge on any atom is -0.271 e. The summed E-state index contributed by atoms with van der Waals surface area (Å²) in [7, 11) is 0. The van der Waals surface area contributed by atoms with Crippen LogP contribution < -0.4 is 11.3 Å². The van der Waals surface area contributed by atoms with Gasteiger partial charge in [-0.15, -0.1) is 0 Å². The fourth-order valence-corrected chi connectivity index (χ4v) is 2.02. The van der Waals surface area contributed by atoms with Crippen molar-refractivity contribution in [2.45, 2.75) is 19.4 Å². The number of nitrogens with two attached hydrogens (primary N) is 1. The minimum absolute atomic E-state index is 0.282. The van der Waals surface area contributed by atoms with E-state index < -0.39 is 11.6 Å². The Morgan fingerprint density at radius 1 is 1.47 bits per heavy atom. The van der Waals surface area contributed by atoms with Gasteiger partial charge in [-0.1, -0.05) is 19.1 Å². The number of hydrazine groups is 1. The number of hydrogen-bond acceptors (Lipinski definition) is 2. The molecule has 82 valence electrons. The third-order valence-electron chi connectivity index (χ3n) is 3.10. The standard InChI is InChI=1S/C11H14F2N2/c1-6-5-8(6)11(15-14)7-3-2-4-9(12)10(7)13/h2-4,6,8,11,15H,5,14H2,1H3. The zero-order chi connectivity index (χ0) is 11.0. The van der Waals surface area contributed by atoms with E-state index in [0.717, 1.165) is 12.5 Å². The Kier molecular flexibility index (Phi) is 2.71. The van der Waals surface area contributed by atoms with Crippen LogP contribution >= 0.6 is 0 Å². The maximum absolute atomic E-state index is 13.5. The lowest BCUT2D eigenvalue weighted by atomic mass is 10.0. The van der Waals surface area contributed by atoms with Gasteiger partial charge < -0.3 is 0 Å². The van der Waals surface area contributed by atoms with Gasteiger partial charge in [0.2, 0.25) is 0 Å². The van der Waals surface area contributed by atoms with Gasteiger partial charge in [0.1, 0.15) is 0 Å². The Morgan fingerprint density at radius 3 is 2.67 bits per heavy atom. The molecule has 0 spiro atoms. The van der Waals surface area contributed by atoms with Crippen LogP contribution in [0.4, 0.5) is 8.78 Å². The van der Waals surface area contributed by atoms with Crippen LogP contribution in [0.5, 0.6) is 0 Å². The first-order valence-corrected chi connectivity index (χ1v) is 5.05. The van der Waals surface area contributed by atoms with Crippen molar-refractivity contribution < 1.29 is 8.78 Å². The number of hydrogen-bond donors (Lipinski definition) is 2. The number of nitrogens with one attached hydrogen (secondary N) is 1. The van der Waals surface area contributed by atoms with Gasteiger partial charge in [-0.2, -0.15) is 0 Å². The monoisotopic (exact) mass is 212 g/mol. The summed E-state index contributed by atoms with van der Waals surface area (Å²) in [6, 6.07) is 3.91. The zero-order valence-electron chi connectivity index (χ0n) is 8.50. The molecule has 3 N–H and O–H groups in total. The normalized spacial score (nSPS) is 26.4. The molecule has 0 aliphatic heterocycles. The summed E-state index contributed by atoms with van der Waals surface area (Å²) in [6.07, 6.45) is 1.00. The van der Waals surface area contributed by atoms with Crippen molar-refractivity contribution in [2.75, 3.05) is 0 Å². The van der Waals surface area contributed by atoms with Gasteiger partial charge >= 0.3 is 0 Å². The zero-order valence-corrected chi connectivity index (χ0v) is 8.50.